The first-order chi connectivity index (χ1) is 12.7. The van der Waals surface area contributed by atoms with E-state index in [1.54, 1.807) is 12.4 Å². The topological polar surface area (TPSA) is 79.7 Å². The number of pyridine rings is 1. The predicted octanol–water partition coefficient (Wildman–Crippen LogP) is 3.02. The molecule has 0 unspecified atom stereocenters. The summed E-state index contributed by atoms with van der Waals surface area (Å²) < 4.78 is 0. The highest BCUT2D eigenvalue weighted by Crippen LogP contribution is 2.28. The molecule has 0 saturated carbocycles. The Bertz CT molecular complexity index is 897. The maximum atomic E-state index is 4.74. The van der Waals surface area contributed by atoms with E-state index in [1.807, 2.05) is 44.2 Å². The Morgan fingerprint density at radius 2 is 1.81 bits per heavy atom. The van der Waals surface area contributed by atoms with Gasteiger partial charge in [-0.15, -0.1) is 0 Å². The lowest BCUT2D eigenvalue weighted by atomic mass is 10.1. The molecule has 0 radical (unpaired) electrons. The normalized spacial score (nSPS) is 16.7. The van der Waals surface area contributed by atoms with Crippen LogP contribution < -0.4 is 10.2 Å². The van der Waals surface area contributed by atoms with E-state index in [4.69, 9.17) is 4.98 Å². The molecule has 7 heteroatoms. The predicted molar refractivity (Wildman–Crippen MR) is 101 cm³/mol. The van der Waals surface area contributed by atoms with Crippen LogP contribution in [0.2, 0.25) is 0 Å². The number of nitrogens with one attached hydrogen (secondary N) is 1. The van der Waals surface area contributed by atoms with Gasteiger partial charge in [-0.3, -0.25) is 0 Å². The second kappa shape index (κ2) is 7.03. The molecule has 1 fully saturated rings. The highest BCUT2D eigenvalue weighted by atomic mass is 15.3. The highest BCUT2D eigenvalue weighted by molar-refractivity contribution is 5.52. The van der Waals surface area contributed by atoms with Crippen molar-refractivity contribution in [2.75, 3.05) is 23.3 Å². The van der Waals surface area contributed by atoms with Gasteiger partial charge in [0.1, 0.15) is 17.5 Å². The quantitative estimate of drug-likeness (QED) is 0.777. The summed E-state index contributed by atoms with van der Waals surface area (Å²) in [5.41, 5.74) is 1.91. The smallest absolute Gasteiger partial charge is 0.225 e. The van der Waals surface area contributed by atoms with Crippen LogP contribution in [0.4, 0.5) is 17.6 Å². The summed E-state index contributed by atoms with van der Waals surface area (Å²) >= 11 is 0. The summed E-state index contributed by atoms with van der Waals surface area (Å²) in [4.78, 5) is 24.8. The van der Waals surface area contributed by atoms with Gasteiger partial charge < -0.3 is 10.2 Å². The fourth-order valence-electron chi connectivity index (χ4n) is 3.19. The van der Waals surface area contributed by atoms with Crippen LogP contribution in [0.25, 0.3) is 0 Å². The number of hydrogen-bond donors (Lipinski definition) is 1. The zero-order valence-electron chi connectivity index (χ0n) is 14.9. The molecule has 1 N–H and O–H groups in total. The van der Waals surface area contributed by atoms with Gasteiger partial charge in [0.15, 0.2) is 0 Å². The van der Waals surface area contributed by atoms with E-state index in [9.17, 15) is 0 Å². The van der Waals surface area contributed by atoms with E-state index in [2.05, 4.69) is 30.2 Å². The molecule has 0 amide bonds. The summed E-state index contributed by atoms with van der Waals surface area (Å²) in [7, 11) is 0. The van der Waals surface area contributed by atoms with Crippen LogP contribution in [0.1, 0.15) is 29.6 Å². The van der Waals surface area contributed by atoms with Crippen molar-refractivity contribution in [3.05, 3.63) is 59.9 Å². The summed E-state index contributed by atoms with van der Waals surface area (Å²) in [6.45, 7) is 5.71. The van der Waals surface area contributed by atoms with Gasteiger partial charge in [0, 0.05) is 48.9 Å². The van der Waals surface area contributed by atoms with E-state index in [0.29, 0.717) is 0 Å². The standard InChI is InChI=1S/C19H21N7/c1-13-5-3-6-16(22-13)24-17-11-14(2)23-18(25-17)15-7-10-26(12-15)19-20-8-4-9-21-19/h3-6,8-9,11,15H,7,10,12H2,1-2H3,(H,22,23,24,25)/t15-/m1/s1. The van der Waals surface area contributed by atoms with Crippen LogP contribution in [0.3, 0.4) is 0 Å². The van der Waals surface area contributed by atoms with Crippen LogP contribution in [-0.2, 0) is 0 Å². The first-order valence-corrected chi connectivity index (χ1v) is 8.75. The largest absolute Gasteiger partial charge is 0.340 e. The zero-order valence-corrected chi connectivity index (χ0v) is 14.9. The third-order valence-electron chi connectivity index (χ3n) is 4.40. The average molecular weight is 347 g/mol. The van der Waals surface area contributed by atoms with Crippen LogP contribution in [0.5, 0.6) is 0 Å². The Morgan fingerprint density at radius 1 is 0.962 bits per heavy atom. The van der Waals surface area contributed by atoms with Crippen molar-refractivity contribution in [3.63, 3.8) is 0 Å². The lowest BCUT2D eigenvalue weighted by Gasteiger charge is -2.16. The van der Waals surface area contributed by atoms with E-state index in [0.717, 1.165) is 54.3 Å². The second-order valence-electron chi connectivity index (χ2n) is 6.52. The van der Waals surface area contributed by atoms with Crippen molar-refractivity contribution >= 4 is 17.6 Å². The minimum Gasteiger partial charge on any atom is -0.340 e. The third kappa shape index (κ3) is 3.61. The zero-order chi connectivity index (χ0) is 17.9. The molecule has 0 aliphatic carbocycles. The Kier molecular flexibility index (Phi) is 4.43. The molecular formula is C19H21N7. The van der Waals surface area contributed by atoms with E-state index in [1.165, 1.54) is 0 Å². The summed E-state index contributed by atoms with van der Waals surface area (Å²) in [5, 5.41) is 3.29. The number of rotatable bonds is 4. The Balaban J connectivity index is 1.53. The number of aromatic nitrogens is 5. The van der Waals surface area contributed by atoms with Gasteiger partial charge in [-0.05, 0) is 38.5 Å². The fourth-order valence-corrected chi connectivity index (χ4v) is 3.19. The van der Waals surface area contributed by atoms with Gasteiger partial charge in [-0.1, -0.05) is 6.07 Å². The molecule has 1 aliphatic heterocycles. The highest BCUT2D eigenvalue weighted by Gasteiger charge is 2.28. The van der Waals surface area contributed by atoms with Crippen molar-refractivity contribution in [3.8, 4) is 0 Å². The number of anilines is 3. The van der Waals surface area contributed by atoms with Gasteiger partial charge in [0.05, 0.1) is 0 Å². The van der Waals surface area contributed by atoms with Crippen LogP contribution in [-0.4, -0.2) is 38.0 Å². The third-order valence-corrected chi connectivity index (χ3v) is 4.40. The van der Waals surface area contributed by atoms with E-state index >= 15 is 0 Å². The van der Waals surface area contributed by atoms with Crippen molar-refractivity contribution in [1.29, 1.82) is 0 Å². The van der Waals surface area contributed by atoms with Crippen molar-refractivity contribution in [2.24, 2.45) is 0 Å². The SMILES string of the molecule is Cc1cccc(Nc2cc(C)nc([C@@H]3CCN(c4ncccn4)C3)n2)n1. The van der Waals surface area contributed by atoms with Crippen LogP contribution in [0.15, 0.2) is 42.7 Å². The summed E-state index contributed by atoms with van der Waals surface area (Å²) in [5.74, 6) is 3.47. The van der Waals surface area contributed by atoms with Gasteiger partial charge >= 0.3 is 0 Å². The molecule has 4 rings (SSSR count). The van der Waals surface area contributed by atoms with Crippen molar-refractivity contribution in [2.45, 2.75) is 26.2 Å². The minimum atomic E-state index is 0.268. The van der Waals surface area contributed by atoms with Gasteiger partial charge in [-0.25, -0.2) is 24.9 Å². The molecule has 1 saturated heterocycles. The molecule has 3 aromatic heterocycles. The molecule has 7 nitrogen and oxygen atoms in total. The Labute approximate surface area is 152 Å². The van der Waals surface area contributed by atoms with Crippen molar-refractivity contribution < 1.29 is 0 Å². The maximum Gasteiger partial charge on any atom is 0.225 e. The number of hydrogen-bond acceptors (Lipinski definition) is 7. The van der Waals surface area contributed by atoms with E-state index in [-0.39, 0.29) is 5.92 Å². The van der Waals surface area contributed by atoms with Crippen LogP contribution >= 0.6 is 0 Å². The molecule has 26 heavy (non-hydrogen) atoms. The molecule has 4 heterocycles. The molecule has 0 bridgehead atoms. The molecule has 1 atom stereocenters. The van der Waals surface area contributed by atoms with Gasteiger partial charge in [-0.2, -0.15) is 0 Å². The monoisotopic (exact) mass is 347 g/mol. The fraction of sp³-hybridized carbons (Fsp3) is 0.316. The lowest BCUT2D eigenvalue weighted by molar-refractivity contribution is 0.704. The minimum absolute atomic E-state index is 0.268. The van der Waals surface area contributed by atoms with Crippen LogP contribution in [0, 0.1) is 13.8 Å². The summed E-state index contributed by atoms with van der Waals surface area (Å²) in [6.07, 6.45) is 4.54. The van der Waals surface area contributed by atoms with Gasteiger partial charge in [0.25, 0.3) is 0 Å². The molecule has 0 aromatic carbocycles. The number of aryl methyl sites for hydroxylation is 2. The molecule has 1 aliphatic rings. The lowest BCUT2D eigenvalue weighted by Crippen LogP contribution is -2.22. The number of nitrogens with zero attached hydrogens (tertiary/aromatic N) is 6. The average Bonchev–Trinajstić information content (AvgIpc) is 3.12. The Hall–Kier alpha value is -3.09. The van der Waals surface area contributed by atoms with E-state index < -0.39 is 0 Å². The Morgan fingerprint density at radius 3 is 2.62 bits per heavy atom. The molecule has 0 spiro atoms. The second-order valence-corrected chi connectivity index (χ2v) is 6.52. The molecule has 132 valence electrons. The molecule has 3 aromatic rings. The molecular weight excluding hydrogens is 326 g/mol. The summed E-state index contributed by atoms with van der Waals surface area (Å²) in [6, 6.07) is 9.67. The first kappa shape index (κ1) is 16.4. The van der Waals surface area contributed by atoms with Crippen molar-refractivity contribution in [1.82, 2.24) is 24.9 Å². The maximum absolute atomic E-state index is 4.74. The first-order valence-electron chi connectivity index (χ1n) is 8.75. The van der Waals surface area contributed by atoms with Gasteiger partial charge in [0.2, 0.25) is 5.95 Å².